The van der Waals surface area contributed by atoms with E-state index in [0.29, 0.717) is 5.56 Å². The number of nitrogens with zero attached hydrogens (tertiary/aromatic N) is 3. The first-order valence-corrected chi connectivity index (χ1v) is 20.8. The lowest BCUT2D eigenvalue weighted by Crippen LogP contribution is -2.75. The second kappa shape index (κ2) is 21.6. The molecule has 0 saturated carbocycles. The van der Waals surface area contributed by atoms with Crippen molar-refractivity contribution in [3.8, 4) is 6.07 Å². The van der Waals surface area contributed by atoms with E-state index in [0.717, 1.165) is 0 Å². The Bertz CT molecular complexity index is 2780. The van der Waals surface area contributed by atoms with Gasteiger partial charge in [0.05, 0.1) is 50.7 Å². The highest BCUT2D eigenvalue weighted by molar-refractivity contribution is 7.20. The van der Waals surface area contributed by atoms with Crippen LogP contribution in [0.2, 0.25) is 0 Å². The van der Waals surface area contributed by atoms with Crippen LogP contribution in [0.4, 0.5) is 105 Å². The molecule has 0 unspecified atom stereocenters. The van der Waals surface area contributed by atoms with Gasteiger partial charge in [-0.15, -0.1) is 0 Å². The molecule has 31 heteroatoms. The number of alkyl halides is 24. The summed E-state index contributed by atoms with van der Waals surface area (Å²) in [5.41, 5.74) is -29.6. The van der Waals surface area contributed by atoms with Gasteiger partial charge in [-0.05, 0) is 24.3 Å². The Morgan fingerprint density at radius 3 is 1.00 bits per heavy atom. The lowest BCUT2D eigenvalue weighted by Gasteiger charge is -2.46. The number of ether oxygens (including phenoxy) is 1. The summed E-state index contributed by atoms with van der Waals surface area (Å²) in [7, 11) is 0. The Labute approximate surface area is 420 Å². The molecule has 416 valence electrons. The molecule has 0 fully saturated rings. The van der Waals surface area contributed by atoms with Gasteiger partial charge in [0.25, 0.3) is 0 Å². The molecule has 5 aromatic carbocycles. The van der Waals surface area contributed by atoms with Crippen LogP contribution in [0, 0.1) is 11.3 Å². The van der Waals surface area contributed by atoms with Crippen LogP contribution in [0.15, 0.2) is 122 Å². The molecule has 78 heavy (non-hydrogen) atoms. The van der Waals surface area contributed by atoms with Crippen molar-refractivity contribution in [3.05, 3.63) is 177 Å². The molecular formula is C47H24BF24N3O3. The van der Waals surface area contributed by atoms with Gasteiger partial charge in [-0.25, -0.2) is 9.78 Å². The fourth-order valence-electron chi connectivity index (χ4n) is 7.76. The molecule has 0 amide bonds. The van der Waals surface area contributed by atoms with E-state index in [1.807, 2.05) is 6.07 Å². The molecule has 0 spiro atoms. The normalized spacial score (nSPS) is 13.1. The van der Waals surface area contributed by atoms with E-state index in [9.17, 15) is 115 Å². The van der Waals surface area contributed by atoms with Gasteiger partial charge in [-0.3, -0.25) is 4.79 Å². The summed E-state index contributed by atoms with van der Waals surface area (Å²) in [4.78, 5) is 27.5. The van der Waals surface area contributed by atoms with Crippen LogP contribution >= 0.6 is 0 Å². The minimum atomic E-state index is -6.13. The van der Waals surface area contributed by atoms with Crippen LogP contribution in [0.3, 0.4) is 0 Å². The van der Waals surface area contributed by atoms with E-state index in [2.05, 4.69) is 9.72 Å². The topological polar surface area (TPSA) is 83.9 Å². The second-order valence-corrected chi connectivity index (χ2v) is 16.4. The number of Topliss-reactive ketones (excluding diaryl/α,β-unsaturated/α-hetero) is 1. The summed E-state index contributed by atoms with van der Waals surface area (Å²) in [6.07, 6.45) is -50.4. The van der Waals surface area contributed by atoms with Crippen LogP contribution in [0.1, 0.15) is 65.4 Å². The molecule has 1 aromatic heterocycles. The van der Waals surface area contributed by atoms with Crippen LogP contribution in [0.25, 0.3) is 0 Å². The first-order valence-electron chi connectivity index (χ1n) is 20.8. The number of benzene rings is 5. The number of nitriles is 1. The summed E-state index contributed by atoms with van der Waals surface area (Å²) < 4.78 is 347. The Hall–Kier alpha value is -7.81. The predicted octanol–water partition coefficient (Wildman–Crippen LogP) is 12.1. The Morgan fingerprint density at radius 1 is 0.462 bits per heavy atom. The summed E-state index contributed by atoms with van der Waals surface area (Å²) in [6, 6.07) is 1.76. The number of hydrogen-bond donors (Lipinski definition) is 0. The third kappa shape index (κ3) is 14.4. The first-order chi connectivity index (χ1) is 35.5. The SMILES string of the molecule is FC(F)(F)c1cc([B-](c2cc(C(F)(F)F)cc(C(F)(F)F)c2)(c2cc(C(F)(F)F)cc(C(F)(F)F)c2)c2cc(C(F)(F)F)cc(C(F)(F)F)c2)cc(C(F)(F)F)c1.N#CCOC(=O)c1c[n+](CC(=O)c2ccccc2)ccn1. The Morgan fingerprint density at radius 2 is 0.744 bits per heavy atom. The molecule has 6 nitrogen and oxygen atoms in total. The van der Waals surface area contributed by atoms with E-state index in [1.54, 1.807) is 41.1 Å². The van der Waals surface area contributed by atoms with Gasteiger partial charge in [0.2, 0.25) is 24.2 Å². The standard InChI is InChI=1S/C32H12BF24.C15H12N3O3/c34-25(35,36)13-1-14(26(37,38)39)6-21(5-13)33(22-7-15(27(40,41)42)2-16(8-22)28(43,44)45,23-9-17(29(46,47)48)3-18(10-23)30(49,50)51)24-11-19(31(52,53)54)4-20(12-24)32(55,56)57;16-6-9-21-15(20)13-10-18(8-7-17-13)11-14(19)12-4-2-1-3-5-12/h1-12H;1-5,7-8,10H,9,11H2/q-1;+1. The molecule has 0 aliphatic heterocycles. The molecule has 0 N–H and O–H groups in total. The number of esters is 1. The van der Waals surface area contributed by atoms with Crippen molar-refractivity contribution in [3.63, 3.8) is 0 Å². The molecule has 0 saturated heterocycles. The highest BCUT2D eigenvalue weighted by Gasteiger charge is 2.47. The maximum Gasteiger partial charge on any atom is 0.416 e. The maximum absolute atomic E-state index is 14.2. The van der Waals surface area contributed by atoms with Crippen LogP contribution in [-0.4, -0.2) is 29.5 Å². The minimum absolute atomic E-state index is 0.0496. The third-order valence-corrected chi connectivity index (χ3v) is 11.1. The molecule has 0 aliphatic carbocycles. The van der Waals surface area contributed by atoms with Crippen LogP contribution in [0.5, 0.6) is 0 Å². The van der Waals surface area contributed by atoms with Gasteiger partial charge in [-0.2, -0.15) is 137 Å². The zero-order valence-corrected chi connectivity index (χ0v) is 37.7. The van der Waals surface area contributed by atoms with Crippen LogP contribution < -0.4 is 26.4 Å². The lowest BCUT2D eigenvalue weighted by atomic mass is 9.12. The average molecular weight is 1150 g/mol. The van der Waals surface area contributed by atoms with Gasteiger partial charge in [0, 0.05) is 5.56 Å². The van der Waals surface area contributed by atoms with Crippen molar-refractivity contribution in [2.24, 2.45) is 0 Å². The number of hydrogen-bond acceptors (Lipinski definition) is 5. The zero-order valence-electron chi connectivity index (χ0n) is 37.7. The van der Waals surface area contributed by atoms with Gasteiger partial charge in [-0.1, -0.05) is 78.9 Å². The summed E-state index contributed by atoms with van der Waals surface area (Å²) in [6.45, 7) is -0.247. The largest absolute Gasteiger partial charge is 0.445 e. The Kier molecular flexibility index (Phi) is 16.9. The van der Waals surface area contributed by atoms with Gasteiger partial charge < -0.3 is 4.74 Å². The monoisotopic (exact) mass is 1150 g/mol. The van der Waals surface area contributed by atoms with Crippen molar-refractivity contribution in [2.75, 3.05) is 6.61 Å². The minimum Gasteiger partial charge on any atom is -0.445 e. The van der Waals surface area contributed by atoms with Gasteiger partial charge in [0.1, 0.15) is 12.2 Å². The lowest BCUT2D eigenvalue weighted by molar-refractivity contribution is -0.683. The number of aromatic nitrogens is 2. The fourth-order valence-corrected chi connectivity index (χ4v) is 7.76. The van der Waals surface area contributed by atoms with Crippen molar-refractivity contribution < 1.29 is 124 Å². The molecular weight excluding hydrogens is 1120 g/mol. The number of carbonyl (C=O) groups excluding carboxylic acids is 2. The quantitative estimate of drug-likeness (QED) is 0.0473. The summed E-state index contributed by atoms with van der Waals surface area (Å²) >= 11 is 0. The first kappa shape index (κ1) is 61.1. The number of rotatable bonds is 9. The number of ketones is 1. The number of carbonyl (C=O) groups is 2. The molecule has 1 heterocycles. The molecule has 0 aliphatic rings. The van der Waals surface area contributed by atoms with Crippen LogP contribution in [-0.2, 0) is 60.7 Å². The second-order valence-electron chi connectivity index (χ2n) is 16.4. The average Bonchev–Trinajstić information content (AvgIpc) is 3.32. The fraction of sp³-hybridized carbons (Fsp3) is 0.213. The molecule has 0 radical (unpaired) electrons. The molecule has 0 bridgehead atoms. The van der Waals surface area contributed by atoms with E-state index < -0.39 is 201 Å². The molecule has 6 aromatic rings. The van der Waals surface area contributed by atoms with E-state index in [-0.39, 0.29) is 24.6 Å². The van der Waals surface area contributed by atoms with E-state index >= 15 is 0 Å². The highest BCUT2D eigenvalue weighted by Crippen LogP contribution is 2.41. The maximum atomic E-state index is 14.2. The van der Waals surface area contributed by atoms with Gasteiger partial charge >= 0.3 is 55.4 Å². The van der Waals surface area contributed by atoms with E-state index in [4.69, 9.17) is 5.26 Å². The predicted molar refractivity (Wildman–Crippen MR) is 221 cm³/mol. The van der Waals surface area contributed by atoms with Gasteiger partial charge in [0.15, 0.2) is 12.8 Å². The van der Waals surface area contributed by atoms with Crippen molar-refractivity contribution in [1.82, 2.24) is 4.98 Å². The smallest absolute Gasteiger partial charge is 0.416 e. The third-order valence-electron chi connectivity index (χ3n) is 11.1. The molecule has 0 atom stereocenters. The molecule has 6 rings (SSSR count). The van der Waals surface area contributed by atoms with Crippen molar-refractivity contribution >= 4 is 39.7 Å². The Balaban J connectivity index is 0.000000443. The summed E-state index contributed by atoms with van der Waals surface area (Å²) in [5.74, 6) is -0.777. The number of halogens is 24. The van der Waals surface area contributed by atoms with Crippen molar-refractivity contribution in [1.29, 1.82) is 5.26 Å². The zero-order chi connectivity index (χ0) is 59.0. The van der Waals surface area contributed by atoms with E-state index in [1.165, 1.54) is 12.4 Å². The summed E-state index contributed by atoms with van der Waals surface area (Å²) in [5, 5.41) is 8.36. The highest BCUT2D eigenvalue weighted by atomic mass is 19.4. The van der Waals surface area contributed by atoms with Crippen molar-refractivity contribution in [2.45, 2.75) is 56.0 Å².